The van der Waals surface area contributed by atoms with E-state index in [0.717, 1.165) is 5.56 Å². The average molecular weight is 512 g/mol. The topological polar surface area (TPSA) is 94.4 Å². The zero-order valence-electron chi connectivity index (χ0n) is 21.1. The van der Waals surface area contributed by atoms with Gasteiger partial charge in [-0.05, 0) is 54.2 Å². The van der Waals surface area contributed by atoms with Gasteiger partial charge >= 0.3 is 5.97 Å². The SMILES string of the molecule is COc1ccc(COC(=O)C2C(C)=NC3=C(C(=O)CC(C)(C)C3)[C@H]2c2cc(Cl)c(O)c(OC)c2)cc1. The van der Waals surface area contributed by atoms with Gasteiger partial charge in [-0.2, -0.15) is 0 Å². The molecule has 0 aromatic heterocycles. The number of ketones is 1. The number of phenolic OH excluding ortho intramolecular Hbond substituents is 1. The maximum Gasteiger partial charge on any atom is 0.315 e. The average Bonchev–Trinajstić information content (AvgIpc) is 2.82. The molecular formula is C28H30ClNO6. The molecule has 1 aliphatic heterocycles. The van der Waals surface area contributed by atoms with Gasteiger partial charge in [-0.25, -0.2) is 0 Å². The number of aromatic hydroxyl groups is 1. The summed E-state index contributed by atoms with van der Waals surface area (Å²) in [6.07, 6.45) is 0.950. The number of methoxy groups -OCH3 is 2. The van der Waals surface area contributed by atoms with Crippen LogP contribution in [0.15, 0.2) is 52.7 Å². The Labute approximate surface area is 215 Å². The number of benzene rings is 2. The monoisotopic (exact) mass is 511 g/mol. The fourth-order valence-corrected chi connectivity index (χ4v) is 5.22. The molecule has 0 saturated heterocycles. The molecule has 0 bridgehead atoms. The van der Waals surface area contributed by atoms with E-state index < -0.39 is 17.8 Å². The molecule has 2 atom stereocenters. The van der Waals surface area contributed by atoms with E-state index in [4.69, 9.17) is 30.8 Å². The fraction of sp³-hybridized carbons (Fsp3) is 0.393. The van der Waals surface area contributed by atoms with Crippen LogP contribution in [0.3, 0.4) is 0 Å². The summed E-state index contributed by atoms with van der Waals surface area (Å²) in [4.78, 5) is 31.7. The van der Waals surface area contributed by atoms with Crippen LogP contribution in [0.2, 0.25) is 5.02 Å². The van der Waals surface area contributed by atoms with Crippen molar-refractivity contribution in [3.63, 3.8) is 0 Å². The van der Waals surface area contributed by atoms with Crippen molar-refractivity contribution >= 4 is 29.1 Å². The number of carbonyl (C=O) groups excluding carboxylic acids is 2. The highest BCUT2D eigenvalue weighted by atomic mass is 35.5. The highest BCUT2D eigenvalue weighted by Gasteiger charge is 2.46. The number of carbonyl (C=O) groups is 2. The molecule has 2 aliphatic rings. The maximum absolute atomic E-state index is 13.5. The van der Waals surface area contributed by atoms with Crippen LogP contribution in [0.25, 0.3) is 0 Å². The summed E-state index contributed by atoms with van der Waals surface area (Å²) < 4.78 is 16.2. The van der Waals surface area contributed by atoms with E-state index in [0.29, 0.717) is 41.1 Å². The molecule has 1 aliphatic carbocycles. The molecule has 1 unspecified atom stereocenters. The van der Waals surface area contributed by atoms with Crippen molar-refractivity contribution in [2.75, 3.05) is 14.2 Å². The Kier molecular flexibility index (Phi) is 7.14. The minimum atomic E-state index is -0.836. The van der Waals surface area contributed by atoms with E-state index in [2.05, 4.69) is 0 Å². The molecule has 8 heteroatoms. The molecule has 2 aromatic rings. The molecule has 0 spiro atoms. The quantitative estimate of drug-likeness (QED) is 0.505. The number of Topliss-reactive ketones (excluding diaryl/α,β-unsaturated/α-hetero) is 1. The van der Waals surface area contributed by atoms with Gasteiger partial charge in [0.05, 0.1) is 19.2 Å². The molecule has 36 heavy (non-hydrogen) atoms. The summed E-state index contributed by atoms with van der Waals surface area (Å²) in [5, 5.41) is 10.4. The summed E-state index contributed by atoms with van der Waals surface area (Å²) >= 11 is 6.32. The standard InChI is InChI=1S/C28H30ClNO6/c1-15-23(27(33)36-14-16-6-8-18(34-4)9-7-16)24(17-10-19(29)26(32)22(11-17)35-5)25-20(30-15)12-28(2,3)13-21(25)31/h6-11,23-24,32H,12-14H2,1-5H3/t23?,24-/m0/s1. The summed E-state index contributed by atoms with van der Waals surface area (Å²) in [7, 11) is 3.00. The predicted octanol–water partition coefficient (Wildman–Crippen LogP) is 5.62. The maximum atomic E-state index is 13.5. The third-order valence-corrected chi connectivity index (χ3v) is 7.01. The second kappa shape index (κ2) is 9.97. The van der Waals surface area contributed by atoms with Crippen LogP contribution >= 0.6 is 11.6 Å². The number of phenols is 1. The summed E-state index contributed by atoms with van der Waals surface area (Å²) in [6, 6.07) is 10.4. The van der Waals surface area contributed by atoms with Crippen molar-refractivity contribution in [2.24, 2.45) is 16.3 Å². The van der Waals surface area contributed by atoms with Crippen LogP contribution in [-0.2, 0) is 20.9 Å². The first-order valence-electron chi connectivity index (χ1n) is 11.7. The Bertz CT molecular complexity index is 1260. The van der Waals surface area contributed by atoms with Gasteiger partial charge in [0.15, 0.2) is 17.3 Å². The first-order chi connectivity index (χ1) is 17.0. The number of hydrogen-bond acceptors (Lipinski definition) is 7. The molecule has 190 valence electrons. The lowest BCUT2D eigenvalue weighted by molar-refractivity contribution is -0.148. The van der Waals surface area contributed by atoms with Gasteiger partial charge in [-0.1, -0.05) is 37.6 Å². The van der Waals surface area contributed by atoms with E-state index in [1.165, 1.54) is 7.11 Å². The zero-order valence-corrected chi connectivity index (χ0v) is 21.8. The molecule has 0 amide bonds. The molecule has 2 aromatic carbocycles. The molecule has 7 nitrogen and oxygen atoms in total. The van der Waals surface area contributed by atoms with E-state index in [-0.39, 0.29) is 34.3 Å². The first-order valence-corrected chi connectivity index (χ1v) is 12.1. The molecule has 1 heterocycles. The minimum Gasteiger partial charge on any atom is -0.503 e. The molecular weight excluding hydrogens is 482 g/mol. The number of aliphatic imine (C=N–C) groups is 1. The van der Waals surface area contributed by atoms with Crippen molar-refractivity contribution in [1.29, 1.82) is 0 Å². The lowest BCUT2D eigenvalue weighted by Gasteiger charge is -2.39. The lowest BCUT2D eigenvalue weighted by atomic mass is 9.67. The van der Waals surface area contributed by atoms with Crippen LogP contribution in [0.1, 0.15) is 50.7 Å². The van der Waals surface area contributed by atoms with E-state index in [9.17, 15) is 14.7 Å². The molecule has 0 saturated carbocycles. The van der Waals surface area contributed by atoms with Crippen molar-refractivity contribution in [1.82, 2.24) is 0 Å². The second-order valence-corrected chi connectivity index (χ2v) is 10.4. The van der Waals surface area contributed by atoms with Crippen LogP contribution in [0, 0.1) is 11.3 Å². The van der Waals surface area contributed by atoms with Crippen molar-refractivity contribution in [3.05, 3.63) is 63.8 Å². The molecule has 1 N–H and O–H groups in total. The van der Waals surface area contributed by atoms with Gasteiger partial charge in [0.25, 0.3) is 0 Å². The summed E-state index contributed by atoms with van der Waals surface area (Å²) in [6.45, 7) is 5.90. The van der Waals surface area contributed by atoms with E-state index in [1.54, 1.807) is 38.3 Å². The normalized spacial score (nSPS) is 20.9. The van der Waals surface area contributed by atoms with Crippen LogP contribution in [0.5, 0.6) is 17.2 Å². The van der Waals surface area contributed by atoms with E-state index >= 15 is 0 Å². The second-order valence-electron chi connectivity index (χ2n) is 10.0. The summed E-state index contributed by atoms with van der Waals surface area (Å²) in [5.41, 5.74) is 2.88. The Morgan fingerprint density at radius 1 is 1.14 bits per heavy atom. The van der Waals surface area contributed by atoms with Crippen LogP contribution in [-0.4, -0.2) is 36.8 Å². The number of hydrogen-bond donors (Lipinski definition) is 1. The van der Waals surface area contributed by atoms with Gasteiger partial charge < -0.3 is 19.3 Å². The molecule has 0 fully saturated rings. The van der Waals surface area contributed by atoms with Gasteiger partial charge in [0.2, 0.25) is 0 Å². The largest absolute Gasteiger partial charge is 0.503 e. The third-order valence-electron chi connectivity index (χ3n) is 6.73. The van der Waals surface area contributed by atoms with Gasteiger partial charge in [0, 0.05) is 29.3 Å². The predicted molar refractivity (Wildman–Crippen MR) is 137 cm³/mol. The van der Waals surface area contributed by atoms with E-state index in [1.807, 2.05) is 26.0 Å². The van der Waals surface area contributed by atoms with Crippen LogP contribution in [0.4, 0.5) is 0 Å². The Morgan fingerprint density at radius 2 is 1.83 bits per heavy atom. The Hall–Kier alpha value is -3.32. The number of rotatable bonds is 6. The fourth-order valence-electron chi connectivity index (χ4n) is 5.01. The highest BCUT2D eigenvalue weighted by Crippen LogP contribution is 2.49. The number of ether oxygens (including phenoxy) is 3. The minimum absolute atomic E-state index is 0.0568. The van der Waals surface area contributed by atoms with Crippen LogP contribution < -0.4 is 9.47 Å². The number of nitrogens with zero attached hydrogens (tertiary/aromatic N) is 1. The smallest absolute Gasteiger partial charge is 0.315 e. The van der Waals surface area contributed by atoms with Gasteiger partial charge in [-0.3, -0.25) is 14.6 Å². The third kappa shape index (κ3) is 4.98. The number of halogens is 1. The molecule has 0 radical (unpaired) electrons. The summed E-state index contributed by atoms with van der Waals surface area (Å²) in [5.74, 6) is -1.39. The highest BCUT2D eigenvalue weighted by molar-refractivity contribution is 6.32. The van der Waals surface area contributed by atoms with Gasteiger partial charge in [-0.15, -0.1) is 0 Å². The van der Waals surface area contributed by atoms with Crippen molar-refractivity contribution in [3.8, 4) is 17.2 Å². The van der Waals surface area contributed by atoms with Crippen molar-refractivity contribution < 1.29 is 28.9 Å². The Balaban J connectivity index is 1.75. The first kappa shape index (κ1) is 25.8. The zero-order chi connectivity index (χ0) is 26.2. The molecule has 4 rings (SSSR count). The van der Waals surface area contributed by atoms with Crippen molar-refractivity contribution in [2.45, 2.75) is 46.1 Å². The lowest BCUT2D eigenvalue weighted by Crippen LogP contribution is -2.39. The van der Waals surface area contributed by atoms with Gasteiger partial charge in [0.1, 0.15) is 18.3 Å². The number of esters is 1. The number of allylic oxidation sites excluding steroid dienone is 2. The Morgan fingerprint density at radius 3 is 2.47 bits per heavy atom.